The summed E-state index contributed by atoms with van der Waals surface area (Å²) in [4.78, 5) is 24.1. The predicted molar refractivity (Wildman–Crippen MR) is 68.8 cm³/mol. The van der Waals surface area contributed by atoms with Gasteiger partial charge in [-0.15, -0.1) is 0 Å². The van der Waals surface area contributed by atoms with E-state index in [-0.39, 0.29) is 11.6 Å². The van der Waals surface area contributed by atoms with Crippen LogP contribution in [-0.2, 0) is 4.79 Å². The molecule has 1 saturated heterocycles. The molecule has 1 aliphatic heterocycles. The van der Waals surface area contributed by atoms with E-state index in [1.165, 1.54) is 6.07 Å². The number of nitro benzene ring substituents is 1. The Labute approximate surface area is 106 Å². The van der Waals surface area contributed by atoms with Crippen molar-refractivity contribution in [1.82, 2.24) is 0 Å². The first-order chi connectivity index (χ1) is 8.50. The molecule has 0 aliphatic carbocycles. The van der Waals surface area contributed by atoms with Gasteiger partial charge < -0.3 is 4.90 Å². The van der Waals surface area contributed by atoms with E-state index < -0.39 is 4.92 Å². The van der Waals surface area contributed by atoms with Crippen molar-refractivity contribution in [3.8, 4) is 0 Å². The van der Waals surface area contributed by atoms with E-state index in [9.17, 15) is 14.9 Å². The van der Waals surface area contributed by atoms with Crippen molar-refractivity contribution in [3.63, 3.8) is 0 Å². The number of amides is 1. The highest BCUT2D eigenvalue weighted by atomic mass is 16.6. The van der Waals surface area contributed by atoms with Crippen molar-refractivity contribution in [3.05, 3.63) is 33.4 Å². The van der Waals surface area contributed by atoms with E-state index in [1.54, 1.807) is 17.9 Å². The van der Waals surface area contributed by atoms with E-state index in [2.05, 4.69) is 0 Å². The summed E-state index contributed by atoms with van der Waals surface area (Å²) in [6, 6.07) is 3.29. The third kappa shape index (κ3) is 2.20. The molecule has 1 aliphatic rings. The van der Waals surface area contributed by atoms with Crippen LogP contribution in [-0.4, -0.2) is 17.4 Å². The second-order valence-electron chi connectivity index (χ2n) is 4.68. The molecular formula is C13H16N2O3. The minimum absolute atomic E-state index is 0.0579. The van der Waals surface area contributed by atoms with Crippen molar-refractivity contribution in [2.24, 2.45) is 0 Å². The molecule has 0 saturated carbocycles. The van der Waals surface area contributed by atoms with Crippen LogP contribution >= 0.6 is 0 Å². The van der Waals surface area contributed by atoms with Gasteiger partial charge in [0.25, 0.3) is 5.69 Å². The SMILES string of the molecule is Cc1cc(C)c([N+](=O)[O-])cc1N1CCCCC1=O. The molecule has 0 radical (unpaired) electrons. The van der Waals surface area contributed by atoms with E-state index in [0.29, 0.717) is 24.2 Å². The zero-order valence-corrected chi connectivity index (χ0v) is 10.6. The lowest BCUT2D eigenvalue weighted by atomic mass is 10.0. The van der Waals surface area contributed by atoms with Gasteiger partial charge in [0.05, 0.1) is 10.6 Å². The van der Waals surface area contributed by atoms with Gasteiger partial charge in [-0.2, -0.15) is 0 Å². The summed E-state index contributed by atoms with van der Waals surface area (Å²) in [6.45, 7) is 4.25. The maximum Gasteiger partial charge on any atom is 0.274 e. The summed E-state index contributed by atoms with van der Waals surface area (Å²) < 4.78 is 0. The van der Waals surface area contributed by atoms with Crippen LogP contribution < -0.4 is 4.90 Å². The second-order valence-corrected chi connectivity index (χ2v) is 4.68. The Bertz CT molecular complexity index is 511. The van der Waals surface area contributed by atoms with Crippen LogP contribution in [0, 0.1) is 24.0 Å². The first kappa shape index (κ1) is 12.5. The van der Waals surface area contributed by atoms with Gasteiger partial charge in [-0.05, 0) is 38.3 Å². The fourth-order valence-corrected chi connectivity index (χ4v) is 2.38. The fourth-order valence-electron chi connectivity index (χ4n) is 2.38. The molecule has 96 valence electrons. The van der Waals surface area contributed by atoms with Crippen LogP contribution in [0.5, 0.6) is 0 Å². The third-order valence-corrected chi connectivity index (χ3v) is 3.33. The topological polar surface area (TPSA) is 63.5 Å². The van der Waals surface area contributed by atoms with Crippen molar-refractivity contribution in [1.29, 1.82) is 0 Å². The van der Waals surface area contributed by atoms with Crippen molar-refractivity contribution in [2.75, 3.05) is 11.4 Å². The highest BCUT2D eigenvalue weighted by Gasteiger charge is 2.24. The van der Waals surface area contributed by atoms with Gasteiger partial charge in [-0.3, -0.25) is 14.9 Å². The molecule has 1 amide bonds. The summed E-state index contributed by atoms with van der Waals surface area (Å²) in [5, 5.41) is 11.0. The van der Waals surface area contributed by atoms with Gasteiger partial charge in [0.15, 0.2) is 0 Å². The third-order valence-electron chi connectivity index (χ3n) is 3.33. The minimum atomic E-state index is -0.396. The maximum atomic E-state index is 11.9. The van der Waals surface area contributed by atoms with Crippen LogP contribution in [0.2, 0.25) is 0 Å². The van der Waals surface area contributed by atoms with E-state index >= 15 is 0 Å². The Balaban J connectivity index is 2.46. The summed E-state index contributed by atoms with van der Waals surface area (Å²) in [6.07, 6.45) is 2.39. The number of nitrogens with zero attached hydrogens (tertiary/aromatic N) is 2. The average molecular weight is 248 g/mol. The molecule has 1 heterocycles. The van der Waals surface area contributed by atoms with Crippen LogP contribution in [0.1, 0.15) is 30.4 Å². The molecule has 0 bridgehead atoms. The number of aryl methyl sites for hydroxylation is 2. The number of rotatable bonds is 2. The molecule has 0 atom stereocenters. The van der Waals surface area contributed by atoms with E-state index in [1.807, 2.05) is 6.92 Å². The Morgan fingerprint density at radius 1 is 1.22 bits per heavy atom. The minimum Gasteiger partial charge on any atom is -0.312 e. The molecule has 1 aromatic rings. The molecule has 1 aromatic carbocycles. The van der Waals surface area contributed by atoms with Gasteiger partial charge in [0.2, 0.25) is 5.91 Å². The molecule has 5 nitrogen and oxygen atoms in total. The molecule has 0 unspecified atom stereocenters. The Morgan fingerprint density at radius 2 is 1.94 bits per heavy atom. The van der Waals surface area contributed by atoms with Crippen LogP contribution in [0.4, 0.5) is 11.4 Å². The van der Waals surface area contributed by atoms with Crippen LogP contribution in [0.15, 0.2) is 12.1 Å². The molecule has 0 N–H and O–H groups in total. The highest BCUT2D eigenvalue weighted by Crippen LogP contribution is 2.31. The Hall–Kier alpha value is -1.91. The number of piperidine rings is 1. The first-order valence-electron chi connectivity index (χ1n) is 6.06. The summed E-state index contributed by atoms with van der Waals surface area (Å²) in [5.74, 6) is 0.0579. The molecule has 0 aromatic heterocycles. The fraction of sp³-hybridized carbons (Fsp3) is 0.462. The summed E-state index contributed by atoms with van der Waals surface area (Å²) in [5.41, 5.74) is 2.30. The first-order valence-corrected chi connectivity index (χ1v) is 6.06. The molecule has 0 spiro atoms. The average Bonchev–Trinajstić information content (AvgIpc) is 2.30. The lowest BCUT2D eigenvalue weighted by Crippen LogP contribution is -2.35. The highest BCUT2D eigenvalue weighted by molar-refractivity contribution is 5.95. The lowest BCUT2D eigenvalue weighted by molar-refractivity contribution is -0.385. The standard InChI is InChI=1S/C13H16N2O3/c1-9-7-10(2)12(15(17)18)8-11(9)14-6-4-3-5-13(14)16/h7-8H,3-6H2,1-2H3. The van der Waals surface area contributed by atoms with Gasteiger partial charge in [-0.25, -0.2) is 0 Å². The maximum absolute atomic E-state index is 11.9. The lowest BCUT2D eigenvalue weighted by Gasteiger charge is -2.28. The van der Waals surface area contributed by atoms with Crippen LogP contribution in [0.3, 0.4) is 0 Å². The molecule has 1 fully saturated rings. The number of hydrogen-bond acceptors (Lipinski definition) is 3. The predicted octanol–water partition coefficient (Wildman–Crippen LogP) is 2.73. The zero-order valence-electron chi connectivity index (χ0n) is 10.6. The second kappa shape index (κ2) is 4.76. The van der Waals surface area contributed by atoms with E-state index in [0.717, 1.165) is 18.4 Å². The van der Waals surface area contributed by atoms with E-state index in [4.69, 9.17) is 0 Å². The molecule has 18 heavy (non-hydrogen) atoms. The smallest absolute Gasteiger partial charge is 0.274 e. The Morgan fingerprint density at radius 3 is 2.56 bits per heavy atom. The van der Waals surface area contributed by atoms with Gasteiger partial charge >= 0.3 is 0 Å². The van der Waals surface area contributed by atoms with Crippen molar-refractivity contribution >= 4 is 17.3 Å². The zero-order chi connectivity index (χ0) is 13.3. The number of hydrogen-bond donors (Lipinski definition) is 0. The quantitative estimate of drug-likeness (QED) is 0.597. The summed E-state index contributed by atoms with van der Waals surface area (Å²) >= 11 is 0. The monoisotopic (exact) mass is 248 g/mol. The Kier molecular flexibility index (Phi) is 3.32. The summed E-state index contributed by atoms with van der Waals surface area (Å²) in [7, 11) is 0. The molecule has 2 rings (SSSR count). The largest absolute Gasteiger partial charge is 0.312 e. The van der Waals surface area contributed by atoms with Crippen molar-refractivity contribution < 1.29 is 9.72 Å². The number of anilines is 1. The number of carbonyl (C=O) groups excluding carboxylic acids is 1. The number of benzene rings is 1. The van der Waals surface area contributed by atoms with Crippen molar-refractivity contribution in [2.45, 2.75) is 33.1 Å². The number of carbonyl (C=O) groups is 1. The van der Waals surface area contributed by atoms with Gasteiger partial charge in [0, 0.05) is 24.6 Å². The number of nitro groups is 1. The molecule has 5 heteroatoms. The van der Waals surface area contributed by atoms with Crippen LogP contribution in [0.25, 0.3) is 0 Å². The molecular weight excluding hydrogens is 232 g/mol. The normalized spacial score (nSPS) is 15.9. The van der Waals surface area contributed by atoms with Gasteiger partial charge in [-0.1, -0.05) is 0 Å². The van der Waals surface area contributed by atoms with Gasteiger partial charge in [0.1, 0.15) is 0 Å².